The molecule has 0 saturated heterocycles. The van der Waals surface area contributed by atoms with E-state index in [9.17, 15) is 0 Å². The van der Waals surface area contributed by atoms with E-state index in [1.807, 2.05) is 0 Å². The molecule has 1 atom stereocenters. The Morgan fingerprint density at radius 2 is 1.95 bits per heavy atom. The van der Waals surface area contributed by atoms with Crippen LogP contribution in [0.4, 0.5) is 0 Å². The van der Waals surface area contributed by atoms with Crippen LogP contribution in [0.5, 0.6) is 5.75 Å². The third-order valence-corrected chi connectivity index (χ3v) is 3.60. The van der Waals surface area contributed by atoms with Crippen molar-refractivity contribution in [3.8, 4) is 18.1 Å². The van der Waals surface area contributed by atoms with E-state index in [0.717, 1.165) is 31.6 Å². The van der Waals surface area contributed by atoms with E-state index in [0.29, 0.717) is 5.92 Å². The van der Waals surface area contributed by atoms with Crippen LogP contribution in [-0.4, -0.2) is 6.61 Å². The van der Waals surface area contributed by atoms with Gasteiger partial charge in [0.15, 0.2) is 0 Å². The molecule has 1 aromatic carbocycles. The molecular formula is C19H28O. The summed E-state index contributed by atoms with van der Waals surface area (Å²) < 4.78 is 5.90. The zero-order chi connectivity index (χ0) is 15.2. The topological polar surface area (TPSA) is 9.23 Å². The molecule has 1 nitrogen and oxygen atoms in total. The first kappa shape index (κ1) is 16.6. The Bertz CT molecular complexity index is 460. The van der Waals surface area contributed by atoms with Gasteiger partial charge in [0.05, 0.1) is 6.61 Å². The van der Waals surface area contributed by atoms with Crippen molar-refractivity contribution in [1.29, 1.82) is 0 Å². The summed E-state index contributed by atoms with van der Waals surface area (Å²) in [6.07, 6.45) is 8.39. The van der Waals surface area contributed by atoms with Crippen molar-refractivity contribution in [2.24, 2.45) is 0 Å². The van der Waals surface area contributed by atoms with Gasteiger partial charge in [0.25, 0.3) is 0 Å². The summed E-state index contributed by atoms with van der Waals surface area (Å²) in [5.74, 6) is 4.25. The predicted octanol–water partition coefficient (Wildman–Crippen LogP) is 5.29. The number of rotatable bonds is 6. The van der Waals surface area contributed by atoms with E-state index in [-0.39, 0.29) is 5.41 Å². The quantitative estimate of drug-likeness (QED) is 0.639. The summed E-state index contributed by atoms with van der Waals surface area (Å²) in [7, 11) is 0. The van der Waals surface area contributed by atoms with E-state index in [4.69, 9.17) is 11.2 Å². The van der Waals surface area contributed by atoms with Crippen LogP contribution >= 0.6 is 0 Å². The van der Waals surface area contributed by atoms with Gasteiger partial charge in [0.2, 0.25) is 0 Å². The van der Waals surface area contributed by atoms with Gasteiger partial charge in [0, 0.05) is 6.42 Å². The maximum Gasteiger partial charge on any atom is 0.123 e. The molecule has 1 unspecified atom stereocenters. The molecule has 0 heterocycles. The van der Waals surface area contributed by atoms with Crippen LogP contribution in [0, 0.1) is 12.3 Å². The van der Waals surface area contributed by atoms with Crippen molar-refractivity contribution in [2.45, 2.75) is 65.2 Å². The lowest BCUT2D eigenvalue weighted by molar-refractivity contribution is 0.308. The summed E-state index contributed by atoms with van der Waals surface area (Å²) in [4.78, 5) is 0. The summed E-state index contributed by atoms with van der Waals surface area (Å²) in [6.45, 7) is 11.8. The Kier molecular flexibility index (Phi) is 6.14. The number of terminal acetylenes is 1. The van der Waals surface area contributed by atoms with E-state index >= 15 is 0 Å². The van der Waals surface area contributed by atoms with Crippen LogP contribution in [-0.2, 0) is 5.41 Å². The molecule has 0 amide bonds. The zero-order valence-electron chi connectivity index (χ0n) is 13.6. The van der Waals surface area contributed by atoms with Gasteiger partial charge in [-0.15, -0.1) is 12.3 Å². The van der Waals surface area contributed by atoms with Gasteiger partial charge >= 0.3 is 0 Å². The van der Waals surface area contributed by atoms with Crippen LogP contribution in [0.25, 0.3) is 0 Å². The molecule has 1 heteroatoms. The van der Waals surface area contributed by atoms with Crippen LogP contribution in [0.15, 0.2) is 18.2 Å². The third-order valence-electron chi connectivity index (χ3n) is 3.60. The summed E-state index contributed by atoms with van der Waals surface area (Å²) in [5, 5.41) is 0. The molecule has 0 bridgehead atoms. The molecular weight excluding hydrogens is 244 g/mol. The summed E-state index contributed by atoms with van der Waals surface area (Å²) in [5.41, 5.74) is 2.69. The van der Waals surface area contributed by atoms with Crippen LogP contribution < -0.4 is 4.74 Å². The van der Waals surface area contributed by atoms with Crippen molar-refractivity contribution in [2.75, 3.05) is 6.61 Å². The Balaban J connectivity index is 3.17. The predicted molar refractivity (Wildman–Crippen MR) is 87.4 cm³/mol. The molecule has 0 fully saturated rings. The largest absolute Gasteiger partial charge is 0.493 e. The second-order valence-electron chi connectivity index (χ2n) is 6.37. The van der Waals surface area contributed by atoms with E-state index in [2.05, 4.69) is 58.7 Å². The second kappa shape index (κ2) is 7.39. The summed E-state index contributed by atoms with van der Waals surface area (Å²) in [6, 6.07) is 6.58. The van der Waals surface area contributed by atoms with Gasteiger partial charge in [-0.2, -0.15) is 0 Å². The lowest BCUT2D eigenvalue weighted by atomic mass is 9.82. The molecule has 0 aliphatic carbocycles. The van der Waals surface area contributed by atoms with Gasteiger partial charge in [-0.3, -0.25) is 0 Å². The molecule has 110 valence electrons. The first-order valence-corrected chi connectivity index (χ1v) is 7.64. The SMILES string of the molecule is C#CCC(CC)c1ccc(OCCC)c(C(C)(C)C)c1. The van der Waals surface area contributed by atoms with Crippen LogP contribution in [0.2, 0.25) is 0 Å². The number of benzene rings is 1. The van der Waals surface area contributed by atoms with E-state index < -0.39 is 0 Å². The highest BCUT2D eigenvalue weighted by atomic mass is 16.5. The van der Waals surface area contributed by atoms with Gasteiger partial charge in [-0.05, 0) is 41.4 Å². The normalized spacial score (nSPS) is 12.8. The van der Waals surface area contributed by atoms with E-state index in [1.165, 1.54) is 11.1 Å². The molecule has 20 heavy (non-hydrogen) atoms. The molecule has 0 saturated carbocycles. The van der Waals surface area contributed by atoms with Crippen molar-refractivity contribution in [3.05, 3.63) is 29.3 Å². The smallest absolute Gasteiger partial charge is 0.123 e. The number of ether oxygens (including phenoxy) is 1. The van der Waals surface area contributed by atoms with Crippen molar-refractivity contribution < 1.29 is 4.74 Å². The Morgan fingerprint density at radius 3 is 2.45 bits per heavy atom. The fourth-order valence-corrected chi connectivity index (χ4v) is 2.37. The highest BCUT2D eigenvalue weighted by Gasteiger charge is 2.21. The molecule has 0 spiro atoms. The Morgan fingerprint density at radius 1 is 1.25 bits per heavy atom. The van der Waals surface area contributed by atoms with Crippen LogP contribution in [0.3, 0.4) is 0 Å². The standard InChI is InChI=1S/C19H28O/c1-7-10-15(9-3)16-11-12-18(20-13-8-2)17(14-16)19(4,5)6/h1,11-12,14-15H,8-10,13H2,2-6H3. The molecule has 0 radical (unpaired) electrons. The highest BCUT2D eigenvalue weighted by Crippen LogP contribution is 2.35. The fourth-order valence-electron chi connectivity index (χ4n) is 2.37. The number of hydrogen-bond acceptors (Lipinski definition) is 1. The van der Waals surface area contributed by atoms with Gasteiger partial charge < -0.3 is 4.74 Å². The van der Waals surface area contributed by atoms with Gasteiger partial charge in [0.1, 0.15) is 5.75 Å². The van der Waals surface area contributed by atoms with Crippen LogP contribution in [0.1, 0.15) is 70.9 Å². The average Bonchev–Trinajstić information content (AvgIpc) is 2.41. The van der Waals surface area contributed by atoms with Crippen molar-refractivity contribution in [3.63, 3.8) is 0 Å². The van der Waals surface area contributed by atoms with Gasteiger partial charge in [-0.1, -0.05) is 46.8 Å². The molecule has 0 aliphatic heterocycles. The highest BCUT2D eigenvalue weighted by molar-refractivity contribution is 5.43. The van der Waals surface area contributed by atoms with Gasteiger partial charge in [-0.25, -0.2) is 0 Å². The molecule has 1 rings (SSSR count). The minimum absolute atomic E-state index is 0.0769. The lowest BCUT2D eigenvalue weighted by Gasteiger charge is -2.25. The summed E-state index contributed by atoms with van der Waals surface area (Å²) >= 11 is 0. The Labute approximate surface area is 124 Å². The average molecular weight is 272 g/mol. The second-order valence-corrected chi connectivity index (χ2v) is 6.37. The first-order chi connectivity index (χ1) is 9.43. The minimum Gasteiger partial charge on any atom is -0.493 e. The molecule has 0 N–H and O–H groups in total. The molecule has 0 aliphatic rings. The first-order valence-electron chi connectivity index (χ1n) is 7.64. The van der Waals surface area contributed by atoms with E-state index in [1.54, 1.807) is 0 Å². The lowest BCUT2D eigenvalue weighted by Crippen LogP contribution is -2.15. The zero-order valence-corrected chi connectivity index (χ0v) is 13.6. The molecule has 1 aromatic rings. The third kappa shape index (κ3) is 4.30. The fraction of sp³-hybridized carbons (Fsp3) is 0.579. The number of hydrogen-bond donors (Lipinski definition) is 0. The minimum atomic E-state index is 0.0769. The monoisotopic (exact) mass is 272 g/mol. The maximum absolute atomic E-state index is 5.90. The van der Waals surface area contributed by atoms with Crippen molar-refractivity contribution >= 4 is 0 Å². The molecule has 0 aromatic heterocycles. The van der Waals surface area contributed by atoms with Crippen molar-refractivity contribution in [1.82, 2.24) is 0 Å². The Hall–Kier alpha value is -1.42. The maximum atomic E-state index is 5.90.